The molecule has 0 unspecified atom stereocenters. The Labute approximate surface area is 115 Å². The van der Waals surface area contributed by atoms with Gasteiger partial charge in [-0.1, -0.05) is 17.7 Å². The number of hydrogen-bond donors (Lipinski definition) is 0. The Morgan fingerprint density at radius 1 is 1.26 bits per heavy atom. The van der Waals surface area contributed by atoms with Gasteiger partial charge in [-0.15, -0.1) is 0 Å². The number of aromatic nitrogens is 3. The minimum Gasteiger partial charge on any atom is -0.484 e. The topological polar surface area (TPSA) is 39.4 Å². The molecule has 0 aliphatic carbocycles. The monoisotopic (exact) mass is 273 g/mol. The van der Waals surface area contributed by atoms with Crippen molar-refractivity contribution in [3.8, 4) is 5.75 Å². The van der Waals surface area contributed by atoms with Crippen LogP contribution in [0.2, 0.25) is 5.15 Å². The van der Waals surface area contributed by atoms with Crippen LogP contribution in [0.15, 0.2) is 42.6 Å². The van der Waals surface area contributed by atoms with E-state index in [0.717, 1.165) is 16.9 Å². The first-order valence-corrected chi connectivity index (χ1v) is 6.29. The number of ether oxygens (including phenoxy) is 1. The standard InChI is InChI=1S/C14H12ClN3O/c1-10-5-6-13(14(15)16-10)19-9-11-8-12-4-2-3-7-18(12)17-11/h2-8H,9H2,1H3. The van der Waals surface area contributed by atoms with E-state index in [1.165, 1.54) is 0 Å². The quantitative estimate of drug-likeness (QED) is 0.688. The third kappa shape index (κ3) is 2.53. The second-order valence-corrected chi connectivity index (χ2v) is 4.59. The summed E-state index contributed by atoms with van der Waals surface area (Å²) in [5.41, 5.74) is 2.75. The van der Waals surface area contributed by atoms with Crippen molar-refractivity contribution < 1.29 is 4.74 Å². The molecule has 0 saturated carbocycles. The lowest BCUT2D eigenvalue weighted by Crippen LogP contribution is -1.98. The Hall–Kier alpha value is -2.07. The van der Waals surface area contributed by atoms with Crippen LogP contribution in [0.4, 0.5) is 0 Å². The summed E-state index contributed by atoms with van der Waals surface area (Å²) in [7, 11) is 0. The molecule has 4 nitrogen and oxygen atoms in total. The van der Waals surface area contributed by atoms with Crippen LogP contribution < -0.4 is 4.74 Å². The Bertz CT molecular complexity index is 691. The Morgan fingerprint density at radius 3 is 2.95 bits per heavy atom. The van der Waals surface area contributed by atoms with E-state index in [-0.39, 0.29) is 0 Å². The van der Waals surface area contributed by atoms with Gasteiger partial charge in [0.25, 0.3) is 0 Å². The van der Waals surface area contributed by atoms with Crippen molar-refractivity contribution >= 4 is 17.1 Å². The van der Waals surface area contributed by atoms with Gasteiger partial charge in [0.15, 0.2) is 10.9 Å². The van der Waals surface area contributed by atoms with Gasteiger partial charge in [-0.25, -0.2) is 9.50 Å². The number of pyridine rings is 2. The Morgan fingerprint density at radius 2 is 2.16 bits per heavy atom. The average molecular weight is 274 g/mol. The molecule has 3 aromatic heterocycles. The maximum absolute atomic E-state index is 6.01. The lowest BCUT2D eigenvalue weighted by Gasteiger charge is -2.05. The highest BCUT2D eigenvalue weighted by molar-refractivity contribution is 6.30. The third-order valence-corrected chi connectivity index (χ3v) is 3.02. The summed E-state index contributed by atoms with van der Waals surface area (Å²) in [6, 6.07) is 11.6. The molecule has 3 heterocycles. The van der Waals surface area contributed by atoms with E-state index in [1.807, 2.05) is 54.0 Å². The van der Waals surface area contributed by atoms with Crippen LogP contribution in [0.5, 0.6) is 5.75 Å². The largest absolute Gasteiger partial charge is 0.484 e. The van der Waals surface area contributed by atoms with E-state index in [2.05, 4.69) is 10.1 Å². The molecule has 0 amide bonds. The first kappa shape index (κ1) is 12.0. The van der Waals surface area contributed by atoms with Gasteiger partial charge in [-0.3, -0.25) is 0 Å². The SMILES string of the molecule is Cc1ccc(OCc2cc3ccccn3n2)c(Cl)n1. The molecule has 0 radical (unpaired) electrons. The zero-order chi connectivity index (χ0) is 13.2. The summed E-state index contributed by atoms with van der Waals surface area (Å²) in [5, 5.41) is 4.78. The summed E-state index contributed by atoms with van der Waals surface area (Å²) < 4.78 is 7.45. The van der Waals surface area contributed by atoms with Crippen LogP contribution in [0.25, 0.3) is 5.52 Å². The van der Waals surface area contributed by atoms with Crippen LogP contribution in [0.3, 0.4) is 0 Å². The molecule has 0 bridgehead atoms. The molecular formula is C14H12ClN3O. The van der Waals surface area contributed by atoms with Crippen LogP contribution in [-0.4, -0.2) is 14.6 Å². The number of nitrogens with zero attached hydrogens (tertiary/aromatic N) is 3. The van der Waals surface area contributed by atoms with Gasteiger partial charge in [-0.2, -0.15) is 5.10 Å². The van der Waals surface area contributed by atoms with Gasteiger partial charge >= 0.3 is 0 Å². The summed E-state index contributed by atoms with van der Waals surface area (Å²) in [4.78, 5) is 4.14. The number of aryl methyl sites for hydroxylation is 1. The van der Waals surface area contributed by atoms with E-state index in [4.69, 9.17) is 16.3 Å². The van der Waals surface area contributed by atoms with Gasteiger partial charge in [0, 0.05) is 11.9 Å². The number of halogens is 1. The number of fused-ring (bicyclic) bond motifs is 1. The smallest absolute Gasteiger partial charge is 0.171 e. The first-order valence-electron chi connectivity index (χ1n) is 5.91. The van der Waals surface area contributed by atoms with E-state index in [9.17, 15) is 0 Å². The lowest BCUT2D eigenvalue weighted by atomic mass is 10.3. The molecular weight excluding hydrogens is 262 g/mol. The van der Waals surface area contributed by atoms with Crippen LogP contribution >= 0.6 is 11.6 Å². The Kier molecular flexibility index (Phi) is 3.09. The van der Waals surface area contributed by atoms with E-state index >= 15 is 0 Å². The number of rotatable bonds is 3. The minimum atomic E-state index is 0.367. The Balaban J connectivity index is 1.78. The second-order valence-electron chi connectivity index (χ2n) is 4.24. The van der Waals surface area contributed by atoms with E-state index in [1.54, 1.807) is 0 Å². The van der Waals surface area contributed by atoms with Crippen molar-refractivity contribution in [2.45, 2.75) is 13.5 Å². The molecule has 3 aromatic rings. The van der Waals surface area contributed by atoms with Gasteiger partial charge in [-0.05, 0) is 37.3 Å². The molecule has 5 heteroatoms. The van der Waals surface area contributed by atoms with Gasteiger partial charge in [0.2, 0.25) is 0 Å². The maximum atomic E-state index is 6.01. The molecule has 19 heavy (non-hydrogen) atoms. The highest BCUT2D eigenvalue weighted by Gasteiger charge is 2.06. The van der Waals surface area contributed by atoms with Crippen LogP contribution in [0, 0.1) is 6.92 Å². The van der Waals surface area contributed by atoms with Crippen molar-refractivity contribution in [2.75, 3.05) is 0 Å². The van der Waals surface area contributed by atoms with Crippen molar-refractivity contribution in [3.05, 3.63) is 59.1 Å². The first-order chi connectivity index (χ1) is 9.22. The van der Waals surface area contributed by atoms with Crippen LogP contribution in [-0.2, 0) is 6.61 Å². The zero-order valence-electron chi connectivity index (χ0n) is 10.4. The molecule has 3 rings (SSSR count). The predicted octanol–water partition coefficient (Wildman–Crippen LogP) is 3.27. The normalized spacial score (nSPS) is 10.8. The predicted molar refractivity (Wildman–Crippen MR) is 73.5 cm³/mol. The van der Waals surface area contributed by atoms with Crippen molar-refractivity contribution in [1.82, 2.24) is 14.6 Å². The maximum Gasteiger partial charge on any atom is 0.171 e. The van der Waals surface area contributed by atoms with Gasteiger partial charge in [0.05, 0.1) is 5.52 Å². The number of hydrogen-bond acceptors (Lipinski definition) is 3. The molecule has 0 spiro atoms. The molecule has 0 fully saturated rings. The van der Waals surface area contributed by atoms with E-state index in [0.29, 0.717) is 17.5 Å². The molecule has 0 aliphatic rings. The highest BCUT2D eigenvalue weighted by Crippen LogP contribution is 2.22. The molecule has 0 aromatic carbocycles. The summed E-state index contributed by atoms with van der Waals surface area (Å²) in [6.07, 6.45) is 1.90. The second kappa shape index (κ2) is 4.90. The van der Waals surface area contributed by atoms with Gasteiger partial charge in [0.1, 0.15) is 12.3 Å². The fourth-order valence-corrected chi connectivity index (χ4v) is 2.08. The lowest BCUT2D eigenvalue weighted by molar-refractivity contribution is 0.299. The van der Waals surface area contributed by atoms with Crippen molar-refractivity contribution in [3.63, 3.8) is 0 Å². The molecule has 96 valence electrons. The average Bonchev–Trinajstić information content (AvgIpc) is 2.80. The van der Waals surface area contributed by atoms with Crippen molar-refractivity contribution in [2.24, 2.45) is 0 Å². The van der Waals surface area contributed by atoms with Crippen LogP contribution in [0.1, 0.15) is 11.4 Å². The zero-order valence-corrected chi connectivity index (χ0v) is 11.1. The minimum absolute atomic E-state index is 0.367. The molecule has 0 atom stereocenters. The fraction of sp³-hybridized carbons (Fsp3) is 0.143. The van der Waals surface area contributed by atoms with E-state index < -0.39 is 0 Å². The molecule has 0 aliphatic heterocycles. The summed E-state index contributed by atoms with van der Waals surface area (Å²) in [5.74, 6) is 0.573. The molecule has 0 N–H and O–H groups in total. The molecule has 0 saturated heterocycles. The third-order valence-electron chi connectivity index (χ3n) is 2.75. The van der Waals surface area contributed by atoms with Crippen molar-refractivity contribution in [1.29, 1.82) is 0 Å². The summed E-state index contributed by atoms with van der Waals surface area (Å²) >= 11 is 6.01. The summed E-state index contributed by atoms with van der Waals surface area (Å²) in [6.45, 7) is 2.25. The van der Waals surface area contributed by atoms with Gasteiger partial charge < -0.3 is 4.74 Å². The highest BCUT2D eigenvalue weighted by atomic mass is 35.5. The fourth-order valence-electron chi connectivity index (χ4n) is 1.83.